The highest BCUT2D eigenvalue weighted by atomic mass is 79.9. The highest BCUT2D eigenvalue weighted by Crippen LogP contribution is 2.20. The van der Waals surface area contributed by atoms with E-state index in [2.05, 4.69) is 25.7 Å². The first-order valence-electron chi connectivity index (χ1n) is 3.40. The largest absolute Gasteiger partial charge is 0.468 e. The third kappa shape index (κ3) is 3.49. The van der Waals surface area contributed by atoms with Crippen LogP contribution in [0.15, 0.2) is 16.6 Å². The molecule has 0 aliphatic rings. The van der Waals surface area contributed by atoms with Crippen LogP contribution in [0.4, 0.5) is 17.6 Å². The summed E-state index contributed by atoms with van der Waals surface area (Å²) in [4.78, 5) is 3.14. The van der Waals surface area contributed by atoms with Crippen molar-refractivity contribution in [3.63, 3.8) is 0 Å². The molecule has 0 atom stereocenters. The van der Waals surface area contributed by atoms with Gasteiger partial charge in [0.05, 0.1) is 4.47 Å². The van der Waals surface area contributed by atoms with Gasteiger partial charge in [-0.3, -0.25) is 0 Å². The van der Waals surface area contributed by atoms with Crippen LogP contribution < -0.4 is 4.74 Å². The summed E-state index contributed by atoms with van der Waals surface area (Å²) in [6, 6.07) is 2.35. The molecule has 0 aliphatic carbocycles. The molecule has 2 nitrogen and oxygen atoms in total. The molecule has 0 N–H and O–H groups in total. The molecular formula is C7H4BrF4NO. The minimum atomic E-state index is -4.45. The Hall–Kier alpha value is -0.850. The third-order valence-electron chi connectivity index (χ3n) is 1.16. The standard InChI is InChI=1S/C7H4BrF4NO/c8-4-1-2-5(13-6(4)9)14-3-7(10,11)12/h1-2H,3H2. The predicted octanol–water partition coefficient (Wildman–Crippen LogP) is 2.92. The smallest absolute Gasteiger partial charge is 0.422 e. The van der Waals surface area contributed by atoms with Crippen molar-refractivity contribution in [2.45, 2.75) is 6.18 Å². The van der Waals surface area contributed by atoms with Crippen LogP contribution in [0.25, 0.3) is 0 Å². The van der Waals surface area contributed by atoms with Crippen LogP contribution in [0.3, 0.4) is 0 Å². The Bertz CT molecular complexity index is 328. The first-order chi connectivity index (χ1) is 6.38. The number of pyridine rings is 1. The summed E-state index contributed by atoms with van der Waals surface area (Å²) in [6.45, 7) is -1.49. The average molecular weight is 274 g/mol. The quantitative estimate of drug-likeness (QED) is 0.611. The van der Waals surface area contributed by atoms with Crippen molar-refractivity contribution in [3.05, 3.63) is 22.6 Å². The number of rotatable bonds is 2. The lowest BCUT2D eigenvalue weighted by Gasteiger charge is -2.07. The zero-order valence-electron chi connectivity index (χ0n) is 6.61. The lowest BCUT2D eigenvalue weighted by molar-refractivity contribution is -0.154. The van der Waals surface area contributed by atoms with Gasteiger partial charge in [-0.1, -0.05) is 0 Å². The summed E-state index contributed by atoms with van der Waals surface area (Å²) >= 11 is 2.80. The molecule has 1 heterocycles. The minimum absolute atomic E-state index is 0.0665. The van der Waals surface area contributed by atoms with Crippen molar-refractivity contribution < 1.29 is 22.3 Å². The Balaban J connectivity index is 2.65. The normalized spacial score (nSPS) is 11.5. The summed E-state index contributed by atoms with van der Waals surface area (Å²) < 4.78 is 52.0. The van der Waals surface area contributed by atoms with Crippen molar-refractivity contribution in [1.82, 2.24) is 4.98 Å². The van der Waals surface area contributed by atoms with Crippen LogP contribution in [-0.2, 0) is 0 Å². The van der Waals surface area contributed by atoms with Gasteiger partial charge in [-0.05, 0) is 22.0 Å². The van der Waals surface area contributed by atoms with Crippen molar-refractivity contribution in [1.29, 1.82) is 0 Å². The Labute approximate surface area is 85.0 Å². The maximum atomic E-state index is 12.7. The van der Waals surface area contributed by atoms with E-state index in [0.29, 0.717) is 0 Å². The molecule has 1 aromatic rings. The van der Waals surface area contributed by atoms with Gasteiger partial charge < -0.3 is 4.74 Å². The fraction of sp³-hybridized carbons (Fsp3) is 0.286. The number of alkyl halides is 3. The summed E-state index contributed by atoms with van der Waals surface area (Å²) in [6.07, 6.45) is -4.45. The van der Waals surface area contributed by atoms with Gasteiger partial charge in [-0.2, -0.15) is 22.5 Å². The molecule has 14 heavy (non-hydrogen) atoms. The van der Waals surface area contributed by atoms with Crippen molar-refractivity contribution in [2.24, 2.45) is 0 Å². The first-order valence-corrected chi connectivity index (χ1v) is 4.19. The number of ether oxygens (including phenoxy) is 1. The maximum absolute atomic E-state index is 12.7. The average Bonchev–Trinajstić information content (AvgIpc) is 2.06. The monoisotopic (exact) mass is 273 g/mol. The van der Waals surface area contributed by atoms with Crippen LogP contribution in [0.5, 0.6) is 5.88 Å². The molecule has 0 bridgehead atoms. The zero-order chi connectivity index (χ0) is 10.8. The Kier molecular flexibility index (Phi) is 3.30. The van der Waals surface area contributed by atoms with Gasteiger partial charge in [0.2, 0.25) is 11.8 Å². The third-order valence-corrected chi connectivity index (χ3v) is 1.75. The fourth-order valence-electron chi connectivity index (χ4n) is 0.637. The number of hydrogen-bond acceptors (Lipinski definition) is 2. The van der Waals surface area contributed by atoms with Gasteiger partial charge in [-0.15, -0.1) is 0 Å². The summed E-state index contributed by atoms with van der Waals surface area (Å²) in [5.41, 5.74) is 0. The molecule has 0 fully saturated rings. The van der Waals surface area contributed by atoms with E-state index in [4.69, 9.17) is 0 Å². The Morgan fingerprint density at radius 3 is 2.50 bits per heavy atom. The van der Waals surface area contributed by atoms with E-state index in [9.17, 15) is 17.6 Å². The zero-order valence-corrected chi connectivity index (χ0v) is 8.19. The predicted molar refractivity (Wildman–Crippen MR) is 43.4 cm³/mol. The van der Waals surface area contributed by atoms with Gasteiger partial charge in [-0.25, -0.2) is 0 Å². The van der Waals surface area contributed by atoms with Crippen LogP contribution in [0.2, 0.25) is 0 Å². The second-order valence-corrected chi connectivity index (χ2v) is 3.18. The van der Waals surface area contributed by atoms with Gasteiger partial charge in [0, 0.05) is 6.07 Å². The van der Waals surface area contributed by atoms with Crippen LogP contribution >= 0.6 is 15.9 Å². The van der Waals surface area contributed by atoms with E-state index < -0.39 is 24.6 Å². The van der Waals surface area contributed by atoms with E-state index >= 15 is 0 Å². The molecular weight excluding hydrogens is 270 g/mol. The number of hydrogen-bond donors (Lipinski definition) is 0. The van der Waals surface area contributed by atoms with Gasteiger partial charge in [0.25, 0.3) is 0 Å². The second kappa shape index (κ2) is 4.12. The molecule has 0 unspecified atom stereocenters. The van der Waals surface area contributed by atoms with E-state index in [1.165, 1.54) is 6.07 Å². The first kappa shape index (κ1) is 11.2. The molecule has 0 amide bonds. The number of halogens is 5. The Morgan fingerprint density at radius 2 is 2.00 bits per heavy atom. The highest BCUT2D eigenvalue weighted by Gasteiger charge is 2.28. The lowest BCUT2D eigenvalue weighted by atomic mass is 10.5. The SMILES string of the molecule is Fc1nc(OCC(F)(F)F)ccc1Br. The second-order valence-electron chi connectivity index (χ2n) is 2.33. The molecule has 0 saturated carbocycles. The summed E-state index contributed by atoms with van der Waals surface area (Å²) in [7, 11) is 0. The molecule has 0 radical (unpaired) electrons. The molecule has 7 heteroatoms. The fourth-order valence-corrected chi connectivity index (χ4v) is 0.858. The highest BCUT2D eigenvalue weighted by molar-refractivity contribution is 9.10. The van der Waals surface area contributed by atoms with Crippen LogP contribution in [0, 0.1) is 5.95 Å². The molecule has 0 aromatic carbocycles. The van der Waals surface area contributed by atoms with Crippen molar-refractivity contribution in [3.8, 4) is 5.88 Å². The minimum Gasteiger partial charge on any atom is -0.468 e. The number of aromatic nitrogens is 1. The van der Waals surface area contributed by atoms with Crippen LogP contribution in [-0.4, -0.2) is 17.8 Å². The number of nitrogens with zero attached hydrogens (tertiary/aromatic N) is 1. The molecule has 0 aliphatic heterocycles. The topological polar surface area (TPSA) is 22.1 Å². The lowest BCUT2D eigenvalue weighted by Crippen LogP contribution is -2.19. The molecule has 0 spiro atoms. The van der Waals surface area contributed by atoms with E-state index in [0.717, 1.165) is 6.07 Å². The van der Waals surface area contributed by atoms with E-state index in [1.54, 1.807) is 0 Å². The molecule has 1 aromatic heterocycles. The van der Waals surface area contributed by atoms with Crippen molar-refractivity contribution >= 4 is 15.9 Å². The van der Waals surface area contributed by atoms with Gasteiger partial charge >= 0.3 is 6.18 Å². The molecule has 1 rings (SSSR count). The molecule has 78 valence electrons. The molecule has 0 saturated heterocycles. The Morgan fingerprint density at radius 1 is 1.36 bits per heavy atom. The van der Waals surface area contributed by atoms with Gasteiger partial charge in [0.15, 0.2) is 6.61 Å². The van der Waals surface area contributed by atoms with E-state index in [-0.39, 0.29) is 4.47 Å². The summed E-state index contributed by atoms with van der Waals surface area (Å²) in [5, 5.41) is 0. The maximum Gasteiger partial charge on any atom is 0.422 e. The van der Waals surface area contributed by atoms with Gasteiger partial charge in [0.1, 0.15) is 0 Å². The van der Waals surface area contributed by atoms with E-state index in [1.807, 2.05) is 0 Å². The van der Waals surface area contributed by atoms with Crippen LogP contribution in [0.1, 0.15) is 0 Å². The summed E-state index contributed by atoms with van der Waals surface area (Å²) in [5.74, 6) is -1.31. The van der Waals surface area contributed by atoms with Crippen molar-refractivity contribution in [2.75, 3.05) is 6.61 Å².